The molecule has 1 saturated carbocycles. The Morgan fingerprint density at radius 1 is 0.812 bits per heavy atom. The Morgan fingerprint density at radius 3 is 1.44 bits per heavy atom. The summed E-state index contributed by atoms with van der Waals surface area (Å²) in [6.07, 6.45) is 4.26. The first-order chi connectivity index (χ1) is 7.76. The molecule has 1 aliphatic carbocycles. The van der Waals surface area contributed by atoms with E-state index in [0.717, 1.165) is 12.8 Å². The van der Waals surface area contributed by atoms with Crippen LogP contribution in [0, 0.1) is 0 Å². The van der Waals surface area contributed by atoms with Gasteiger partial charge in [-0.05, 0) is 0 Å². The highest BCUT2D eigenvalue weighted by atomic mass is 16.6. The molecule has 0 aromatic carbocycles. The maximum absolute atomic E-state index is 5.42. The third-order valence-electron chi connectivity index (χ3n) is 2.91. The van der Waals surface area contributed by atoms with Crippen LogP contribution >= 0.6 is 0 Å². The Bertz CT molecular complexity index is 205. The summed E-state index contributed by atoms with van der Waals surface area (Å²) in [7, 11) is 3.34. The summed E-state index contributed by atoms with van der Waals surface area (Å²) in [6, 6.07) is 0. The zero-order valence-electron chi connectivity index (χ0n) is 9.93. The van der Waals surface area contributed by atoms with Crippen LogP contribution in [0.25, 0.3) is 0 Å². The monoisotopic (exact) mass is 228 g/mol. The van der Waals surface area contributed by atoms with Gasteiger partial charge in [-0.25, -0.2) is 0 Å². The van der Waals surface area contributed by atoms with Crippen LogP contribution in [0.4, 0.5) is 0 Å². The number of rotatable bonds is 6. The molecule has 0 radical (unpaired) electrons. The van der Waals surface area contributed by atoms with E-state index in [2.05, 4.69) is 13.2 Å². The summed E-state index contributed by atoms with van der Waals surface area (Å²) >= 11 is 0. The summed E-state index contributed by atoms with van der Waals surface area (Å²) in [5, 5.41) is 0. The largest absolute Gasteiger partial charge is 0.496 e. The van der Waals surface area contributed by atoms with Crippen molar-refractivity contribution in [2.45, 2.75) is 37.3 Å². The first-order valence-electron chi connectivity index (χ1n) is 5.35. The topological polar surface area (TPSA) is 36.9 Å². The van der Waals surface area contributed by atoms with Gasteiger partial charge in [-0.2, -0.15) is 0 Å². The van der Waals surface area contributed by atoms with Crippen LogP contribution in [0.15, 0.2) is 25.7 Å². The normalized spacial score (nSPS) is 34.1. The highest BCUT2D eigenvalue weighted by molar-refractivity contribution is 4.90. The maximum Gasteiger partial charge on any atom is 0.127 e. The van der Waals surface area contributed by atoms with Crippen molar-refractivity contribution in [3.63, 3.8) is 0 Å². The molecule has 0 amide bonds. The van der Waals surface area contributed by atoms with Crippen LogP contribution in [-0.4, -0.2) is 38.6 Å². The molecule has 4 heteroatoms. The van der Waals surface area contributed by atoms with Crippen molar-refractivity contribution in [2.75, 3.05) is 14.2 Å². The fourth-order valence-electron chi connectivity index (χ4n) is 2.09. The van der Waals surface area contributed by atoms with Crippen molar-refractivity contribution in [1.29, 1.82) is 0 Å². The lowest BCUT2D eigenvalue weighted by atomic mass is 9.89. The van der Waals surface area contributed by atoms with E-state index < -0.39 is 0 Å². The Hall–Kier alpha value is -1.00. The second kappa shape index (κ2) is 6.55. The Labute approximate surface area is 96.8 Å². The number of methoxy groups -OCH3 is 2. The molecule has 4 atom stereocenters. The lowest BCUT2D eigenvalue weighted by Crippen LogP contribution is -2.47. The van der Waals surface area contributed by atoms with Crippen LogP contribution in [0.2, 0.25) is 0 Å². The molecule has 1 aliphatic rings. The quantitative estimate of drug-likeness (QED) is 0.650. The van der Waals surface area contributed by atoms with E-state index in [0.29, 0.717) is 0 Å². The maximum atomic E-state index is 5.42. The standard InChI is InChI=1S/C12H20O4/c1-5-15-11-7-10(14-4)12(16-6-2)8-9(11)13-3/h5-6,9-12H,1-2,7-8H2,3-4H3. The fourth-order valence-corrected chi connectivity index (χ4v) is 2.09. The molecular weight excluding hydrogens is 208 g/mol. The smallest absolute Gasteiger partial charge is 0.127 e. The van der Waals surface area contributed by atoms with E-state index in [4.69, 9.17) is 18.9 Å². The average molecular weight is 228 g/mol. The van der Waals surface area contributed by atoms with Crippen molar-refractivity contribution < 1.29 is 18.9 Å². The molecule has 0 aliphatic heterocycles. The third-order valence-corrected chi connectivity index (χ3v) is 2.91. The van der Waals surface area contributed by atoms with Crippen LogP contribution < -0.4 is 0 Å². The first kappa shape index (κ1) is 13.1. The van der Waals surface area contributed by atoms with Crippen LogP contribution in [-0.2, 0) is 18.9 Å². The first-order valence-corrected chi connectivity index (χ1v) is 5.35. The molecule has 4 nitrogen and oxygen atoms in total. The van der Waals surface area contributed by atoms with E-state index in [1.54, 1.807) is 14.2 Å². The van der Waals surface area contributed by atoms with E-state index in [1.807, 2.05) is 0 Å². The van der Waals surface area contributed by atoms with E-state index >= 15 is 0 Å². The summed E-state index contributed by atoms with van der Waals surface area (Å²) < 4.78 is 21.6. The van der Waals surface area contributed by atoms with Gasteiger partial charge in [0.2, 0.25) is 0 Å². The lowest BCUT2D eigenvalue weighted by Gasteiger charge is -2.38. The van der Waals surface area contributed by atoms with Gasteiger partial charge in [-0.1, -0.05) is 13.2 Å². The van der Waals surface area contributed by atoms with E-state index in [1.165, 1.54) is 12.5 Å². The predicted octanol–water partition coefficient (Wildman–Crippen LogP) is 1.87. The van der Waals surface area contributed by atoms with Crippen molar-refractivity contribution in [1.82, 2.24) is 0 Å². The van der Waals surface area contributed by atoms with Crippen molar-refractivity contribution in [3.05, 3.63) is 25.7 Å². The van der Waals surface area contributed by atoms with Crippen LogP contribution in [0.5, 0.6) is 0 Å². The summed E-state index contributed by atoms with van der Waals surface area (Å²) in [5.74, 6) is 0. The predicted molar refractivity (Wildman–Crippen MR) is 61.0 cm³/mol. The Balaban J connectivity index is 2.66. The average Bonchev–Trinajstić information content (AvgIpc) is 2.31. The summed E-state index contributed by atoms with van der Waals surface area (Å²) in [5.41, 5.74) is 0. The van der Waals surface area contributed by atoms with Gasteiger partial charge in [-0.15, -0.1) is 0 Å². The summed E-state index contributed by atoms with van der Waals surface area (Å²) in [4.78, 5) is 0. The zero-order valence-corrected chi connectivity index (χ0v) is 9.93. The minimum atomic E-state index is -0.0304. The Morgan fingerprint density at radius 2 is 1.19 bits per heavy atom. The number of ether oxygens (including phenoxy) is 4. The van der Waals surface area contributed by atoms with Crippen LogP contribution in [0.3, 0.4) is 0 Å². The molecule has 0 N–H and O–H groups in total. The van der Waals surface area contributed by atoms with Crippen molar-refractivity contribution >= 4 is 0 Å². The second-order valence-corrected chi connectivity index (χ2v) is 3.70. The SMILES string of the molecule is C=COC1CC(OC)C(OC=C)CC1OC. The zero-order chi connectivity index (χ0) is 12.0. The molecule has 92 valence electrons. The molecule has 0 bridgehead atoms. The molecule has 1 fully saturated rings. The number of hydrogen-bond acceptors (Lipinski definition) is 4. The molecule has 16 heavy (non-hydrogen) atoms. The van der Waals surface area contributed by atoms with Gasteiger partial charge in [-0.3, -0.25) is 0 Å². The van der Waals surface area contributed by atoms with Gasteiger partial charge in [0.1, 0.15) is 12.2 Å². The van der Waals surface area contributed by atoms with Gasteiger partial charge >= 0.3 is 0 Å². The second-order valence-electron chi connectivity index (χ2n) is 3.70. The van der Waals surface area contributed by atoms with Crippen LogP contribution in [0.1, 0.15) is 12.8 Å². The lowest BCUT2D eigenvalue weighted by molar-refractivity contribution is -0.134. The minimum Gasteiger partial charge on any atom is -0.496 e. The van der Waals surface area contributed by atoms with Gasteiger partial charge in [0.15, 0.2) is 0 Å². The molecule has 0 aromatic heterocycles. The van der Waals surface area contributed by atoms with Gasteiger partial charge in [0.05, 0.1) is 24.7 Å². The van der Waals surface area contributed by atoms with E-state index in [-0.39, 0.29) is 24.4 Å². The fraction of sp³-hybridized carbons (Fsp3) is 0.667. The molecule has 0 aromatic rings. The summed E-state index contributed by atoms with van der Waals surface area (Å²) in [6.45, 7) is 7.13. The minimum absolute atomic E-state index is 0.00523. The highest BCUT2D eigenvalue weighted by Gasteiger charge is 2.39. The van der Waals surface area contributed by atoms with Crippen molar-refractivity contribution in [3.8, 4) is 0 Å². The van der Waals surface area contributed by atoms with Crippen molar-refractivity contribution in [2.24, 2.45) is 0 Å². The highest BCUT2D eigenvalue weighted by Crippen LogP contribution is 2.28. The van der Waals surface area contributed by atoms with E-state index in [9.17, 15) is 0 Å². The molecule has 0 saturated heterocycles. The van der Waals surface area contributed by atoms with Gasteiger partial charge in [0, 0.05) is 27.1 Å². The Kier molecular flexibility index (Phi) is 5.35. The van der Waals surface area contributed by atoms with Gasteiger partial charge < -0.3 is 18.9 Å². The molecule has 1 rings (SSSR count). The third kappa shape index (κ3) is 3.00. The molecule has 0 spiro atoms. The molecule has 0 heterocycles. The molecule has 4 unspecified atom stereocenters. The van der Waals surface area contributed by atoms with Gasteiger partial charge in [0.25, 0.3) is 0 Å². The number of hydrogen-bond donors (Lipinski definition) is 0. The molecular formula is C12H20O4.